The molecular formula is C20H19ClN2O3. The SMILES string of the molecule is Cc1ccc(-c2cc(CNC(=O)COc3ccc(Cl)c(C)c3)on2)cc1. The Morgan fingerprint density at radius 3 is 2.65 bits per heavy atom. The molecule has 6 heteroatoms. The molecule has 0 saturated carbocycles. The second-order valence-electron chi connectivity index (χ2n) is 6.02. The lowest BCUT2D eigenvalue weighted by atomic mass is 10.1. The van der Waals surface area contributed by atoms with Gasteiger partial charge in [-0.15, -0.1) is 0 Å². The summed E-state index contributed by atoms with van der Waals surface area (Å²) in [5.41, 5.74) is 3.79. The molecule has 2 aromatic carbocycles. The minimum atomic E-state index is -0.245. The van der Waals surface area contributed by atoms with Gasteiger partial charge in [0.1, 0.15) is 11.4 Å². The van der Waals surface area contributed by atoms with E-state index in [1.54, 1.807) is 18.2 Å². The fraction of sp³-hybridized carbons (Fsp3) is 0.200. The van der Waals surface area contributed by atoms with Crippen molar-refractivity contribution < 1.29 is 14.1 Å². The highest BCUT2D eigenvalue weighted by molar-refractivity contribution is 6.31. The zero-order valence-corrected chi connectivity index (χ0v) is 15.3. The molecule has 134 valence electrons. The maximum atomic E-state index is 11.9. The van der Waals surface area contributed by atoms with E-state index < -0.39 is 0 Å². The van der Waals surface area contributed by atoms with Gasteiger partial charge in [-0.05, 0) is 37.6 Å². The molecule has 1 aromatic heterocycles. The summed E-state index contributed by atoms with van der Waals surface area (Å²) in [4.78, 5) is 11.9. The highest BCUT2D eigenvalue weighted by Gasteiger charge is 2.09. The molecule has 0 aliphatic heterocycles. The average molecular weight is 371 g/mol. The van der Waals surface area contributed by atoms with Crippen LogP contribution in [0.15, 0.2) is 53.1 Å². The van der Waals surface area contributed by atoms with E-state index >= 15 is 0 Å². The van der Waals surface area contributed by atoms with Crippen LogP contribution in [-0.4, -0.2) is 17.7 Å². The Morgan fingerprint density at radius 2 is 1.92 bits per heavy atom. The highest BCUT2D eigenvalue weighted by Crippen LogP contribution is 2.21. The van der Waals surface area contributed by atoms with Crippen molar-refractivity contribution in [3.63, 3.8) is 0 Å². The first-order valence-corrected chi connectivity index (χ1v) is 8.57. The number of nitrogens with zero attached hydrogens (tertiary/aromatic N) is 1. The van der Waals surface area contributed by atoms with Crippen LogP contribution in [-0.2, 0) is 11.3 Å². The molecule has 3 rings (SSSR count). The Balaban J connectivity index is 1.50. The number of carbonyl (C=O) groups excluding carboxylic acids is 1. The van der Waals surface area contributed by atoms with Crippen LogP contribution in [0.5, 0.6) is 5.75 Å². The number of carbonyl (C=O) groups is 1. The van der Waals surface area contributed by atoms with Gasteiger partial charge in [-0.1, -0.05) is 46.6 Å². The summed E-state index contributed by atoms with van der Waals surface area (Å²) < 4.78 is 10.7. The Bertz CT molecular complexity index is 904. The van der Waals surface area contributed by atoms with Crippen molar-refractivity contribution in [2.24, 2.45) is 0 Å². The van der Waals surface area contributed by atoms with Crippen LogP contribution in [0.25, 0.3) is 11.3 Å². The monoisotopic (exact) mass is 370 g/mol. The van der Waals surface area contributed by atoms with Crippen LogP contribution in [0.3, 0.4) is 0 Å². The van der Waals surface area contributed by atoms with E-state index in [0.717, 1.165) is 16.8 Å². The van der Waals surface area contributed by atoms with Crippen LogP contribution < -0.4 is 10.1 Å². The molecule has 0 radical (unpaired) electrons. The van der Waals surface area contributed by atoms with Gasteiger partial charge >= 0.3 is 0 Å². The first-order valence-electron chi connectivity index (χ1n) is 8.19. The van der Waals surface area contributed by atoms with Crippen molar-refractivity contribution >= 4 is 17.5 Å². The quantitative estimate of drug-likeness (QED) is 0.702. The molecule has 0 spiro atoms. The number of aromatic nitrogens is 1. The van der Waals surface area contributed by atoms with E-state index in [4.69, 9.17) is 20.9 Å². The molecule has 3 aromatic rings. The zero-order valence-electron chi connectivity index (χ0n) is 14.6. The number of ether oxygens (including phenoxy) is 1. The molecule has 0 fully saturated rings. The number of rotatable bonds is 6. The molecule has 1 N–H and O–H groups in total. The molecule has 0 aliphatic carbocycles. The molecule has 0 atom stereocenters. The Kier molecular flexibility index (Phi) is 5.58. The standard InChI is InChI=1S/C20H19ClN2O3/c1-13-3-5-15(6-4-13)19-10-17(26-23-19)11-22-20(24)12-25-16-7-8-18(21)14(2)9-16/h3-10H,11-12H2,1-2H3,(H,22,24). The number of hydrogen-bond donors (Lipinski definition) is 1. The largest absolute Gasteiger partial charge is 0.484 e. The molecular weight excluding hydrogens is 352 g/mol. The predicted molar refractivity (Wildman–Crippen MR) is 100 cm³/mol. The smallest absolute Gasteiger partial charge is 0.258 e. The molecule has 0 saturated heterocycles. The third-order valence-electron chi connectivity index (χ3n) is 3.87. The number of amides is 1. The average Bonchev–Trinajstić information content (AvgIpc) is 3.10. The summed E-state index contributed by atoms with van der Waals surface area (Å²) >= 11 is 5.96. The van der Waals surface area contributed by atoms with Crippen LogP contribution in [0, 0.1) is 13.8 Å². The van der Waals surface area contributed by atoms with E-state index in [0.29, 0.717) is 16.5 Å². The second kappa shape index (κ2) is 8.06. The van der Waals surface area contributed by atoms with Gasteiger partial charge in [0.2, 0.25) is 0 Å². The topological polar surface area (TPSA) is 64.4 Å². The minimum absolute atomic E-state index is 0.0833. The first-order chi connectivity index (χ1) is 12.5. The molecule has 1 heterocycles. The first kappa shape index (κ1) is 18.0. The number of hydrogen-bond acceptors (Lipinski definition) is 4. The lowest BCUT2D eigenvalue weighted by Crippen LogP contribution is -2.28. The van der Waals surface area contributed by atoms with E-state index in [1.165, 1.54) is 5.56 Å². The fourth-order valence-electron chi connectivity index (χ4n) is 2.35. The lowest BCUT2D eigenvalue weighted by Gasteiger charge is -2.07. The van der Waals surface area contributed by atoms with Gasteiger partial charge in [-0.25, -0.2) is 0 Å². The maximum Gasteiger partial charge on any atom is 0.258 e. The van der Waals surface area contributed by atoms with E-state index in [9.17, 15) is 4.79 Å². The zero-order chi connectivity index (χ0) is 18.5. The van der Waals surface area contributed by atoms with Crippen molar-refractivity contribution in [1.82, 2.24) is 10.5 Å². The predicted octanol–water partition coefficient (Wildman–Crippen LogP) is 4.31. The second-order valence-corrected chi connectivity index (χ2v) is 6.43. The Labute approximate surface area is 156 Å². The van der Waals surface area contributed by atoms with Crippen LogP contribution in [0.1, 0.15) is 16.9 Å². The van der Waals surface area contributed by atoms with Gasteiger partial charge in [0, 0.05) is 16.7 Å². The maximum absolute atomic E-state index is 11.9. The summed E-state index contributed by atoms with van der Waals surface area (Å²) in [7, 11) is 0. The summed E-state index contributed by atoms with van der Waals surface area (Å²) in [5, 5.41) is 7.44. The van der Waals surface area contributed by atoms with Crippen molar-refractivity contribution in [1.29, 1.82) is 0 Å². The summed E-state index contributed by atoms with van der Waals surface area (Å²) in [6, 6.07) is 15.1. The molecule has 26 heavy (non-hydrogen) atoms. The van der Waals surface area contributed by atoms with Gasteiger partial charge in [-0.2, -0.15) is 0 Å². The van der Waals surface area contributed by atoms with Crippen LogP contribution in [0.2, 0.25) is 5.02 Å². The molecule has 5 nitrogen and oxygen atoms in total. The number of halogens is 1. The minimum Gasteiger partial charge on any atom is -0.484 e. The Hall–Kier alpha value is -2.79. The Morgan fingerprint density at radius 1 is 1.15 bits per heavy atom. The number of benzene rings is 2. The summed E-state index contributed by atoms with van der Waals surface area (Å²) in [5.74, 6) is 0.936. The van der Waals surface area contributed by atoms with Crippen LogP contribution >= 0.6 is 11.6 Å². The van der Waals surface area contributed by atoms with E-state index in [-0.39, 0.29) is 19.1 Å². The summed E-state index contributed by atoms with van der Waals surface area (Å²) in [6.45, 7) is 4.08. The normalized spacial score (nSPS) is 10.6. The number of aryl methyl sites for hydroxylation is 2. The summed E-state index contributed by atoms with van der Waals surface area (Å²) in [6.07, 6.45) is 0. The molecule has 0 unspecified atom stereocenters. The van der Waals surface area contributed by atoms with E-state index in [1.807, 2.05) is 44.2 Å². The van der Waals surface area contributed by atoms with Gasteiger partial charge in [-0.3, -0.25) is 4.79 Å². The van der Waals surface area contributed by atoms with Gasteiger partial charge < -0.3 is 14.6 Å². The third-order valence-corrected chi connectivity index (χ3v) is 4.29. The van der Waals surface area contributed by atoms with Crippen molar-refractivity contribution in [3.8, 4) is 17.0 Å². The lowest BCUT2D eigenvalue weighted by molar-refractivity contribution is -0.123. The fourth-order valence-corrected chi connectivity index (χ4v) is 2.47. The van der Waals surface area contributed by atoms with Crippen molar-refractivity contribution in [2.75, 3.05) is 6.61 Å². The molecule has 0 bridgehead atoms. The van der Waals surface area contributed by atoms with Gasteiger partial charge in [0.15, 0.2) is 12.4 Å². The van der Waals surface area contributed by atoms with Crippen molar-refractivity contribution in [2.45, 2.75) is 20.4 Å². The van der Waals surface area contributed by atoms with E-state index in [2.05, 4.69) is 10.5 Å². The molecule has 1 amide bonds. The third kappa shape index (κ3) is 4.64. The van der Waals surface area contributed by atoms with Gasteiger partial charge in [0.05, 0.1) is 6.54 Å². The van der Waals surface area contributed by atoms with Crippen molar-refractivity contribution in [3.05, 3.63) is 70.4 Å². The van der Waals surface area contributed by atoms with Gasteiger partial charge in [0.25, 0.3) is 5.91 Å². The number of nitrogens with one attached hydrogen (secondary N) is 1. The molecule has 0 aliphatic rings. The van der Waals surface area contributed by atoms with Crippen LogP contribution in [0.4, 0.5) is 0 Å². The highest BCUT2D eigenvalue weighted by atomic mass is 35.5.